The third-order valence-corrected chi connectivity index (χ3v) is 6.44. The molecule has 0 radical (unpaired) electrons. The second-order valence-electron chi connectivity index (χ2n) is 6.66. The van der Waals surface area contributed by atoms with Gasteiger partial charge in [-0.05, 0) is 74.3 Å². The van der Waals surface area contributed by atoms with Crippen LogP contribution in [0.4, 0.5) is 0 Å². The van der Waals surface area contributed by atoms with E-state index in [0.29, 0.717) is 30.1 Å². The highest BCUT2D eigenvalue weighted by Crippen LogP contribution is 2.33. The summed E-state index contributed by atoms with van der Waals surface area (Å²) in [5.41, 5.74) is 3.54. The normalized spacial score (nSPS) is 10.7. The number of amides is 2. The van der Waals surface area contributed by atoms with Gasteiger partial charge in [-0.2, -0.15) is 5.10 Å². The van der Waals surface area contributed by atoms with E-state index in [1.54, 1.807) is 60.7 Å². The monoisotopic (exact) mass is 713 g/mol. The first-order valence-corrected chi connectivity index (χ1v) is 12.7. The largest absolute Gasteiger partial charge is 0.421 e. The predicted molar refractivity (Wildman–Crippen MR) is 143 cm³/mol. The molecule has 2 amide bonds. The van der Waals surface area contributed by atoms with Crippen molar-refractivity contribution in [3.05, 3.63) is 95.2 Å². The van der Waals surface area contributed by atoms with Crippen molar-refractivity contribution in [2.24, 2.45) is 5.10 Å². The number of halogens is 4. The van der Waals surface area contributed by atoms with Crippen LogP contribution in [0.15, 0.2) is 83.7 Å². The van der Waals surface area contributed by atoms with Gasteiger partial charge in [-0.15, -0.1) is 0 Å². The molecule has 0 bridgehead atoms. The number of hydrogen-bond donors (Lipinski definition) is 2. The SMILES string of the molecule is O=C(CNC(=O)c1ccccc1Br)N/N=C\c1cc(Br)cc(Br)c1OC(=O)c1cccc(Br)c1. The van der Waals surface area contributed by atoms with E-state index in [0.717, 1.165) is 4.47 Å². The Morgan fingerprint density at radius 2 is 1.65 bits per heavy atom. The van der Waals surface area contributed by atoms with Crippen LogP contribution in [0.25, 0.3) is 0 Å². The molecule has 0 spiro atoms. The Labute approximate surface area is 228 Å². The van der Waals surface area contributed by atoms with Crippen molar-refractivity contribution in [1.29, 1.82) is 0 Å². The van der Waals surface area contributed by atoms with Crippen LogP contribution in [-0.4, -0.2) is 30.5 Å². The van der Waals surface area contributed by atoms with Crippen LogP contribution in [0.5, 0.6) is 5.75 Å². The number of carbonyl (C=O) groups excluding carboxylic acids is 3. The fourth-order valence-electron chi connectivity index (χ4n) is 2.67. The topological polar surface area (TPSA) is 96.9 Å². The summed E-state index contributed by atoms with van der Waals surface area (Å²) in [4.78, 5) is 36.9. The average molecular weight is 717 g/mol. The number of nitrogens with zero attached hydrogens (tertiary/aromatic N) is 1. The quantitative estimate of drug-likeness (QED) is 0.139. The number of hydrazone groups is 1. The summed E-state index contributed by atoms with van der Waals surface area (Å²) in [6.07, 6.45) is 1.34. The predicted octanol–water partition coefficient (Wildman–Crippen LogP) is 5.84. The van der Waals surface area contributed by atoms with E-state index in [1.807, 2.05) is 0 Å². The summed E-state index contributed by atoms with van der Waals surface area (Å²) < 4.78 is 8.16. The third-order valence-electron chi connectivity index (χ3n) is 4.21. The number of esters is 1. The van der Waals surface area contributed by atoms with Gasteiger partial charge in [0.05, 0.1) is 28.4 Å². The molecule has 0 aliphatic rings. The number of nitrogens with one attached hydrogen (secondary N) is 2. The minimum absolute atomic E-state index is 0.230. The van der Waals surface area contributed by atoms with Crippen LogP contribution in [-0.2, 0) is 4.79 Å². The minimum atomic E-state index is -0.558. The maximum absolute atomic E-state index is 12.6. The summed E-state index contributed by atoms with van der Waals surface area (Å²) in [7, 11) is 0. The lowest BCUT2D eigenvalue weighted by atomic mass is 10.2. The molecule has 3 aromatic rings. The first kappa shape index (κ1) is 26.3. The van der Waals surface area contributed by atoms with E-state index in [2.05, 4.69) is 79.6 Å². The summed E-state index contributed by atoms with van der Waals surface area (Å²) >= 11 is 13.4. The number of carbonyl (C=O) groups is 3. The maximum Gasteiger partial charge on any atom is 0.343 e. The van der Waals surface area contributed by atoms with Crippen molar-refractivity contribution in [3.8, 4) is 5.75 Å². The highest BCUT2D eigenvalue weighted by molar-refractivity contribution is 9.11. The average Bonchev–Trinajstić information content (AvgIpc) is 2.79. The van der Waals surface area contributed by atoms with Gasteiger partial charge in [0.25, 0.3) is 11.8 Å². The van der Waals surface area contributed by atoms with Crippen molar-refractivity contribution in [1.82, 2.24) is 10.7 Å². The zero-order valence-electron chi connectivity index (χ0n) is 17.2. The molecule has 2 N–H and O–H groups in total. The van der Waals surface area contributed by atoms with Crippen LogP contribution in [0.1, 0.15) is 26.3 Å². The zero-order valence-corrected chi connectivity index (χ0v) is 23.5. The van der Waals surface area contributed by atoms with E-state index < -0.39 is 17.8 Å². The zero-order chi connectivity index (χ0) is 24.7. The highest BCUT2D eigenvalue weighted by atomic mass is 79.9. The van der Waals surface area contributed by atoms with Gasteiger partial charge in [0, 0.05) is 19.0 Å². The molecule has 0 heterocycles. The fraction of sp³-hybridized carbons (Fsp3) is 0.0435. The smallest absolute Gasteiger partial charge is 0.343 e. The lowest BCUT2D eigenvalue weighted by molar-refractivity contribution is -0.120. The van der Waals surface area contributed by atoms with Crippen LogP contribution < -0.4 is 15.5 Å². The Bertz CT molecular complexity index is 1280. The summed E-state index contributed by atoms with van der Waals surface area (Å²) in [5.74, 6) is -1.26. The first-order valence-electron chi connectivity index (χ1n) is 9.56. The van der Waals surface area contributed by atoms with Crippen molar-refractivity contribution in [2.75, 3.05) is 6.54 Å². The highest BCUT2D eigenvalue weighted by Gasteiger charge is 2.16. The summed E-state index contributed by atoms with van der Waals surface area (Å²) in [6.45, 7) is -0.273. The van der Waals surface area contributed by atoms with Crippen LogP contribution >= 0.6 is 63.7 Å². The van der Waals surface area contributed by atoms with Crippen LogP contribution in [0.3, 0.4) is 0 Å². The Morgan fingerprint density at radius 1 is 0.882 bits per heavy atom. The van der Waals surface area contributed by atoms with E-state index >= 15 is 0 Å². The van der Waals surface area contributed by atoms with Crippen LogP contribution in [0.2, 0.25) is 0 Å². The van der Waals surface area contributed by atoms with E-state index in [1.165, 1.54) is 6.21 Å². The van der Waals surface area contributed by atoms with Crippen molar-refractivity contribution < 1.29 is 19.1 Å². The number of rotatable bonds is 7. The molecule has 0 saturated heterocycles. The minimum Gasteiger partial charge on any atom is -0.421 e. The molecule has 0 atom stereocenters. The van der Waals surface area contributed by atoms with Crippen LogP contribution in [0, 0.1) is 0 Å². The van der Waals surface area contributed by atoms with Gasteiger partial charge < -0.3 is 10.1 Å². The third kappa shape index (κ3) is 7.33. The number of benzene rings is 3. The molecule has 7 nitrogen and oxygen atoms in total. The second kappa shape index (κ2) is 12.4. The molecule has 0 saturated carbocycles. The molecular formula is C23H15Br4N3O4. The molecule has 11 heteroatoms. The van der Waals surface area contributed by atoms with Crippen molar-refractivity contribution >= 4 is 87.7 Å². The summed E-state index contributed by atoms with van der Waals surface area (Å²) in [5, 5.41) is 6.44. The Morgan fingerprint density at radius 3 is 2.38 bits per heavy atom. The van der Waals surface area contributed by atoms with Crippen molar-refractivity contribution in [3.63, 3.8) is 0 Å². The Kier molecular flexibility index (Phi) is 9.57. The van der Waals surface area contributed by atoms with Gasteiger partial charge in [-0.1, -0.05) is 50.1 Å². The Hall–Kier alpha value is -2.34. The van der Waals surface area contributed by atoms with E-state index in [9.17, 15) is 14.4 Å². The fourth-order valence-corrected chi connectivity index (χ4v) is 4.87. The lowest BCUT2D eigenvalue weighted by Gasteiger charge is -2.11. The van der Waals surface area contributed by atoms with Gasteiger partial charge in [0.15, 0.2) is 5.75 Å². The standard InChI is InChI=1S/C23H15Br4N3O4/c24-15-5-3-4-13(8-15)23(33)34-21-14(9-16(25)10-19(21)27)11-29-30-20(31)12-28-22(32)17-6-1-2-7-18(17)26/h1-11H,12H2,(H,28,32)(H,30,31)/b29-11-. The summed E-state index contributed by atoms with van der Waals surface area (Å²) in [6, 6.07) is 17.1. The molecule has 0 fully saturated rings. The molecule has 3 rings (SSSR count). The molecule has 3 aromatic carbocycles. The molecule has 174 valence electrons. The van der Waals surface area contributed by atoms with E-state index in [4.69, 9.17) is 4.74 Å². The Balaban J connectivity index is 1.66. The second-order valence-corrected chi connectivity index (χ2v) is 10.2. The number of ether oxygens (including phenoxy) is 1. The van der Waals surface area contributed by atoms with Gasteiger partial charge in [0.2, 0.25) is 0 Å². The van der Waals surface area contributed by atoms with Gasteiger partial charge in [0.1, 0.15) is 0 Å². The first-order chi connectivity index (χ1) is 16.2. The van der Waals surface area contributed by atoms with Crippen molar-refractivity contribution in [2.45, 2.75) is 0 Å². The molecular weight excluding hydrogens is 702 g/mol. The van der Waals surface area contributed by atoms with E-state index in [-0.39, 0.29) is 12.3 Å². The molecule has 0 unspecified atom stereocenters. The molecule has 0 aromatic heterocycles. The molecule has 0 aliphatic heterocycles. The lowest BCUT2D eigenvalue weighted by Crippen LogP contribution is -2.35. The molecule has 34 heavy (non-hydrogen) atoms. The maximum atomic E-state index is 12.6. The van der Waals surface area contributed by atoms with Gasteiger partial charge >= 0.3 is 5.97 Å². The van der Waals surface area contributed by atoms with Gasteiger partial charge in [-0.3, -0.25) is 9.59 Å². The number of hydrogen-bond acceptors (Lipinski definition) is 5. The molecule has 0 aliphatic carbocycles. The van der Waals surface area contributed by atoms with Gasteiger partial charge in [-0.25, -0.2) is 10.2 Å².